The lowest BCUT2D eigenvalue weighted by Crippen LogP contribution is -2.23. The second kappa shape index (κ2) is 8.98. The topological polar surface area (TPSA) is 99.4 Å². The Morgan fingerprint density at radius 3 is 2.86 bits per heavy atom. The number of nitrogens with zero attached hydrogens (tertiary/aromatic N) is 4. The lowest BCUT2D eigenvalue weighted by molar-refractivity contribution is 0.0950. The maximum atomic E-state index is 14.8. The number of aromatic nitrogens is 4. The number of rotatable bonds is 5. The first-order valence-electron chi connectivity index (χ1n) is 10.3. The fourth-order valence-corrected chi connectivity index (χ4v) is 4.27. The van der Waals surface area contributed by atoms with E-state index in [2.05, 4.69) is 20.4 Å². The lowest BCUT2D eigenvalue weighted by Gasteiger charge is -2.07. The Morgan fingerprint density at radius 1 is 1.23 bits per heavy atom. The average Bonchev–Trinajstić information content (AvgIpc) is 3.41. The van der Waals surface area contributed by atoms with E-state index in [0.29, 0.717) is 21.5 Å². The molecule has 1 amide bonds. The standard InChI is InChI=1S/C24H14Cl2F2N6O/c25-15-5-14-3-12(4-18(27)23(14)31-8-15)10-34-11-16(20(6-29)33-34)24(35)32-7-13-1-2-19-21(22(13)28)17(26)9-30-19/h1-5,8-9,11,30H,7,10H2,(H,32,35). The fourth-order valence-electron chi connectivity index (χ4n) is 3.86. The van der Waals surface area contributed by atoms with Gasteiger partial charge in [0.2, 0.25) is 0 Å². The van der Waals surface area contributed by atoms with Gasteiger partial charge in [-0.2, -0.15) is 10.4 Å². The summed E-state index contributed by atoms with van der Waals surface area (Å²) in [4.78, 5) is 19.6. The van der Waals surface area contributed by atoms with Crippen LogP contribution in [-0.4, -0.2) is 25.7 Å². The van der Waals surface area contributed by atoms with Crippen LogP contribution in [0.1, 0.15) is 27.2 Å². The number of amides is 1. The summed E-state index contributed by atoms with van der Waals surface area (Å²) in [6.07, 6.45) is 4.23. The molecule has 0 fully saturated rings. The van der Waals surface area contributed by atoms with Gasteiger partial charge in [0.1, 0.15) is 23.2 Å². The molecule has 0 saturated carbocycles. The van der Waals surface area contributed by atoms with E-state index in [4.69, 9.17) is 23.2 Å². The highest BCUT2D eigenvalue weighted by atomic mass is 35.5. The van der Waals surface area contributed by atoms with Crippen LogP contribution >= 0.6 is 23.2 Å². The number of nitriles is 1. The molecule has 5 aromatic rings. The van der Waals surface area contributed by atoms with E-state index in [0.717, 1.165) is 0 Å². The predicted molar refractivity (Wildman–Crippen MR) is 127 cm³/mol. The molecule has 0 aliphatic rings. The molecule has 174 valence electrons. The summed E-state index contributed by atoms with van der Waals surface area (Å²) in [7, 11) is 0. The number of hydrogen-bond acceptors (Lipinski definition) is 4. The number of nitrogens with one attached hydrogen (secondary N) is 2. The van der Waals surface area contributed by atoms with Crippen molar-refractivity contribution >= 4 is 50.9 Å². The van der Waals surface area contributed by atoms with Crippen LogP contribution in [0.4, 0.5) is 8.78 Å². The van der Waals surface area contributed by atoms with E-state index in [-0.39, 0.29) is 45.8 Å². The third-order valence-electron chi connectivity index (χ3n) is 5.47. The van der Waals surface area contributed by atoms with Gasteiger partial charge in [-0.3, -0.25) is 14.5 Å². The van der Waals surface area contributed by atoms with E-state index in [9.17, 15) is 18.8 Å². The normalized spacial score (nSPS) is 11.2. The quantitative estimate of drug-likeness (QED) is 0.333. The van der Waals surface area contributed by atoms with Gasteiger partial charge in [-0.25, -0.2) is 8.78 Å². The largest absolute Gasteiger partial charge is 0.360 e. The summed E-state index contributed by atoms with van der Waals surface area (Å²) in [5.41, 5.74) is 1.40. The van der Waals surface area contributed by atoms with Crippen LogP contribution in [0, 0.1) is 23.0 Å². The van der Waals surface area contributed by atoms with E-state index in [1.54, 1.807) is 18.2 Å². The van der Waals surface area contributed by atoms with E-state index >= 15 is 0 Å². The van der Waals surface area contributed by atoms with Crippen molar-refractivity contribution in [3.8, 4) is 6.07 Å². The number of carbonyl (C=O) groups is 1. The van der Waals surface area contributed by atoms with Crippen molar-refractivity contribution in [3.63, 3.8) is 0 Å². The molecule has 2 N–H and O–H groups in total. The third kappa shape index (κ3) is 4.30. The van der Waals surface area contributed by atoms with Crippen LogP contribution < -0.4 is 5.32 Å². The molecule has 0 unspecified atom stereocenters. The maximum absolute atomic E-state index is 14.8. The van der Waals surface area contributed by atoms with Gasteiger partial charge in [0.05, 0.1) is 27.5 Å². The highest BCUT2D eigenvalue weighted by Crippen LogP contribution is 2.28. The van der Waals surface area contributed by atoms with Gasteiger partial charge >= 0.3 is 0 Å². The van der Waals surface area contributed by atoms with Gasteiger partial charge in [0.25, 0.3) is 5.91 Å². The Kier molecular flexibility index (Phi) is 5.84. The van der Waals surface area contributed by atoms with Gasteiger partial charge in [-0.1, -0.05) is 29.3 Å². The molecular weight excluding hydrogens is 497 g/mol. The first kappa shape index (κ1) is 22.8. The summed E-state index contributed by atoms with van der Waals surface area (Å²) in [6.45, 7) is -0.0274. The number of halogens is 4. The van der Waals surface area contributed by atoms with Crippen LogP contribution in [0.15, 0.2) is 48.9 Å². The third-order valence-corrected chi connectivity index (χ3v) is 5.98. The number of benzene rings is 2. The number of hydrogen-bond donors (Lipinski definition) is 2. The Bertz CT molecular complexity index is 1670. The predicted octanol–water partition coefficient (Wildman–Crippen LogP) is 5.35. The summed E-state index contributed by atoms with van der Waals surface area (Å²) in [6, 6.07) is 9.68. The molecule has 35 heavy (non-hydrogen) atoms. The molecule has 2 aromatic carbocycles. The maximum Gasteiger partial charge on any atom is 0.256 e. The molecular formula is C24H14Cl2F2N6O. The van der Waals surface area contributed by atoms with Gasteiger partial charge in [-0.05, 0) is 29.8 Å². The van der Waals surface area contributed by atoms with E-state index in [1.165, 1.54) is 35.4 Å². The van der Waals surface area contributed by atoms with Crippen LogP contribution in [0.25, 0.3) is 21.8 Å². The molecule has 0 saturated heterocycles. The minimum absolute atomic E-state index is 0.0136. The van der Waals surface area contributed by atoms with Crippen molar-refractivity contribution < 1.29 is 13.6 Å². The fraction of sp³-hybridized carbons (Fsp3) is 0.0833. The van der Waals surface area contributed by atoms with Crippen molar-refractivity contribution in [3.05, 3.63) is 93.0 Å². The van der Waals surface area contributed by atoms with Crippen molar-refractivity contribution in [2.24, 2.45) is 0 Å². The summed E-state index contributed by atoms with van der Waals surface area (Å²) in [5, 5.41) is 17.5. The van der Waals surface area contributed by atoms with E-state index in [1.807, 2.05) is 6.07 Å². The minimum Gasteiger partial charge on any atom is -0.360 e. The smallest absolute Gasteiger partial charge is 0.256 e. The molecule has 11 heteroatoms. The average molecular weight is 511 g/mol. The van der Waals surface area contributed by atoms with Crippen LogP contribution in [0.3, 0.4) is 0 Å². The number of carbonyl (C=O) groups excluding carboxylic acids is 1. The SMILES string of the molecule is N#Cc1nn(Cc2cc(F)c3ncc(Cl)cc3c2)cc1C(=O)NCc1ccc2[nH]cc(Cl)c2c1F. The highest BCUT2D eigenvalue weighted by Gasteiger charge is 2.18. The Morgan fingerprint density at radius 2 is 2.06 bits per heavy atom. The summed E-state index contributed by atoms with van der Waals surface area (Å²) < 4.78 is 30.6. The first-order chi connectivity index (χ1) is 16.8. The zero-order valence-corrected chi connectivity index (χ0v) is 19.3. The molecule has 0 aliphatic carbocycles. The number of pyridine rings is 1. The van der Waals surface area contributed by atoms with Crippen LogP contribution in [0.2, 0.25) is 10.0 Å². The molecule has 0 spiro atoms. The molecule has 7 nitrogen and oxygen atoms in total. The van der Waals surface area contributed by atoms with Gasteiger partial charge < -0.3 is 10.3 Å². The molecule has 0 radical (unpaired) electrons. The number of aromatic amines is 1. The molecule has 0 bridgehead atoms. The molecule has 3 aromatic heterocycles. The van der Waals surface area contributed by atoms with Crippen LogP contribution in [0.5, 0.6) is 0 Å². The highest BCUT2D eigenvalue weighted by molar-refractivity contribution is 6.35. The van der Waals surface area contributed by atoms with Crippen molar-refractivity contribution in [2.75, 3.05) is 0 Å². The molecule has 3 heterocycles. The second-order valence-electron chi connectivity index (χ2n) is 7.78. The Labute approximate surface area is 206 Å². The Balaban J connectivity index is 1.37. The second-order valence-corrected chi connectivity index (χ2v) is 8.63. The van der Waals surface area contributed by atoms with Gasteiger partial charge in [0.15, 0.2) is 5.69 Å². The van der Waals surface area contributed by atoms with Crippen LogP contribution in [-0.2, 0) is 13.1 Å². The van der Waals surface area contributed by atoms with Crippen molar-refractivity contribution in [2.45, 2.75) is 13.1 Å². The molecule has 0 aliphatic heterocycles. The zero-order chi connectivity index (χ0) is 24.7. The first-order valence-corrected chi connectivity index (χ1v) is 11.0. The summed E-state index contributed by atoms with van der Waals surface area (Å²) >= 11 is 12.0. The zero-order valence-electron chi connectivity index (χ0n) is 17.7. The number of fused-ring (bicyclic) bond motifs is 2. The monoisotopic (exact) mass is 510 g/mol. The van der Waals surface area contributed by atoms with E-state index < -0.39 is 17.5 Å². The molecule has 0 atom stereocenters. The molecule has 5 rings (SSSR count). The van der Waals surface area contributed by atoms with Crippen molar-refractivity contribution in [1.29, 1.82) is 5.26 Å². The Hall–Kier alpha value is -4.00. The van der Waals surface area contributed by atoms with Gasteiger partial charge in [-0.15, -0.1) is 0 Å². The number of H-pyrrole nitrogens is 1. The lowest BCUT2D eigenvalue weighted by atomic mass is 10.1. The van der Waals surface area contributed by atoms with Crippen molar-refractivity contribution in [1.82, 2.24) is 25.1 Å². The minimum atomic E-state index is -0.604. The summed E-state index contributed by atoms with van der Waals surface area (Å²) in [5.74, 6) is -1.67. The van der Waals surface area contributed by atoms with Gasteiger partial charge in [0, 0.05) is 41.6 Å².